The van der Waals surface area contributed by atoms with Crippen molar-refractivity contribution in [1.29, 1.82) is 0 Å². The third kappa shape index (κ3) is 6.05. The molecule has 0 spiro atoms. The molecule has 0 aliphatic carbocycles. The summed E-state index contributed by atoms with van der Waals surface area (Å²) in [6.45, 7) is 11.1. The molecule has 206 valence electrons. The molecule has 3 aliphatic rings. The van der Waals surface area contributed by atoms with Crippen molar-refractivity contribution in [1.82, 2.24) is 9.88 Å². The Kier molecular flexibility index (Phi) is 8.66. The molecule has 0 radical (unpaired) electrons. The molecule has 1 aromatic carbocycles. The molecular weight excluding hydrogens is 478 g/mol. The van der Waals surface area contributed by atoms with Crippen molar-refractivity contribution < 1.29 is 19.0 Å². The Morgan fingerprint density at radius 1 is 1.18 bits per heavy atom. The van der Waals surface area contributed by atoms with Crippen LogP contribution in [0.2, 0.25) is 0 Å². The largest absolute Gasteiger partial charge is 0.465 e. The second kappa shape index (κ2) is 12.1. The second-order valence-corrected chi connectivity index (χ2v) is 11.5. The molecule has 1 saturated heterocycles. The van der Waals surface area contributed by atoms with Crippen LogP contribution in [0.4, 0.5) is 5.82 Å². The molecule has 38 heavy (non-hydrogen) atoms. The minimum atomic E-state index is -0.402. The van der Waals surface area contributed by atoms with E-state index in [0.717, 1.165) is 69.7 Å². The first-order valence-corrected chi connectivity index (χ1v) is 14.4. The summed E-state index contributed by atoms with van der Waals surface area (Å²) >= 11 is 0. The molecule has 2 aromatic rings. The lowest BCUT2D eigenvalue weighted by Crippen LogP contribution is -2.55. The second-order valence-electron chi connectivity index (χ2n) is 11.5. The summed E-state index contributed by atoms with van der Waals surface area (Å²) in [5.41, 5.74) is 5.83. The maximum atomic E-state index is 13.2. The number of esters is 1. The zero-order valence-electron chi connectivity index (χ0n) is 23.3. The number of carbonyl (C=O) groups excluding carboxylic acids is 1. The summed E-state index contributed by atoms with van der Waals surface area (Å²) in [5.74, 6) is 0.910. The number of likely N-dealkylation sites (tertiary alicyclic amines) is 1. The Balaban J connectivity index is 1.10. The highest BCUT2D eigenvalue weighted by atomic mass is 16.5. The highest BCUT2D eigenvalue weighted by Gasteiger charge is 2.42. The van der Waals surface area contributed by atoms with Gasteiger partial charge in [-0.2, -0.15) is 0 Å². The lowest BCUT2D eigenvalue weighted by Gasteiger charge is -2.45. The lowest BCUT2D eigenvalue weighted by molar-refractivity contribution is -0.157. The van der Waals surface area contributed by atoms with E-state index in [-0.39, 0.29) is 17.5 Å². The van der Waals surface area contributed by atoms with Gasteiger partial charge in [-0.05, 0) is 67.3 Å². The van der Waals surface area contributed by atoms with Gasteiger partial charge < -0.3 is 19.5 Å². The number of benzene rings is 1. The molecule has 7 heteroatoms. The number of nitrogens with zero attached hydrogens (tertiary/aromatic N) is 2. The van der Waals surface area contributed by atoms with Gasteiger partial charge in [0, 0.05) is 37.4 Å². The summed E-state index contributed by atoms with van der Waals surface area (Å²) < 4.78 is 17.6. The molecule has 1 atom stereocenters. The van der Waals surface area contributed by atoms with Crippen LogP contribution in [-0.4, -0.2) is 61.4 Å². The topological polar surface area (TPSA) is 72.9 Å². The predicted octanol–water partition coefficient (Wildman–Crippen LogP) is 4.97. The number of nitrogens with one attached hydrogen (secondary N) is 1. The number of carbonyl (C=O) groups is 1. The average Bonchev–Trinajstić information content (AvgIpc) is 2.88. The fourth-order valence-electron chi connectivity index (χ4n) is 6.10. The van der Waals surface area contributed by atoms with Crippen LogP contribution in [0.25, 0.3) is 0 Å². The monoisotopic (exact) mass is 521 g/mol. The van der Waals surface area contributed by atoms with Gasteiger partial charge in [0.1, 0.15) is 11.9 Å². The number of rotatable bonds is 11. The van der Waals surface area contributed by atoms with E-state index in [1.54, 1.807) is 0 Å². The van der Waals surface area contributed by atoms with Crippen molar-refractivity contribution >= 4 is 11.8 Å². The van der Waals surface area contributed by atoms with Crippen LogP contribution in [0.1, 0.15) is 80.4 Å². The third-order valence-corrected chi connectivity index (χ3v) is 8.01. The predicted molar refractivity (Wildman–Crippen MR) is 148 cm³/mol. The van der Waals surface area contributed by atoms with Crippen molar-refractivity contribution in [3.8, 4) is 0 Å². The smallest absolute Gasteiger partial charge is 0.328 e. The van der Waals surface area contributed by atoms with Crippen LogP contribution < -0.4 is 5.32 Å². The molecule has 3 aliphatic heterocycles. The number of hydrogen-bond donors (Lipinski definition) is 1. The summed E-state index contributed by atoms with van der Waals surface area (Å²) in [7, 11) is 0. The number of ether oxygens (including phenoxy) is 3. The average molecular weight is 522 g/mol. The van der Waals surface area contributed by atoms with E-state index in [1.165, 1.54) is 28.8 Å². The van der Waals surface area contributed by atoms with Gasteiger partial charge >= 0.3 is 5.97 Å². The number of hydrogen-bond acceptors (Lipinski definition) is 7. The van der Waals surface area contributed by atoms with Crippen LogP contribution in [0.5, 0.6) is 0 Å². The molecule has 1 unspecified atom stereocenters. The first-order valence-electron chi connectivity index (χ1n) is 14.4. The van der Waals surface area contributed by atoms with Crippen LogP contribution in [0.3, 0.4) is 0 Å². The van der Waals surface area contributed by atoms with E-state index in [9.17, 15) is 4.79 Å². The normalized spacial score (nSPS) is 19.6. The first-order chi connectivity index (χ1) is 18.5. The standard InChI is InChI=1S/C31H43N3O4/c1-4-37-30(35)28(26-13-8-10-23-20-36-21-31(2,3)27(23)26)34-18-25(19-34)38-17-7-5-6-12-24-15-14-22-11-9-16-32-29(22)33-24/h8,10,13-15,25,28H,4-7,9,11-12,16-21H2,1-3H3,(H,32,33). The zero-order valence-corrected chi connectivity index (χ0v) is 23.3. The first kappa shape index (κ1) is 27.1. The number of pyridine rings is 1. The Morgan fingerprint density at radius 2 is 2.05 bits per heavy atom. The highest BCUT2D eigenvalue weighted by molar-refractivity contribution is 5.79. The molecule has 7 nitrogen and oxygen atoms in total. The highest BCUT2D eigenvalue weighted by Crippen LogP contribution is 2.40. The minimum absolute atomic E-state index is 0.152. The fourth-order valence-corrected chi connectivity index (χ4v) is 6.10. The van der Waals surface area contributed by atoms with Crippen LogP contribution >= 0.6 is 0 Å². The van der Waals surface area contributed by atoms with Crippen molar-refractivity contribution in [2.75, 3.05) is 44.8 Å². The van der Waals surface area contributed by atoms with Gasteiger partial charge in [0.05, 0.1) is 25.9 Å². The SMILES string of the molecule is CCOC(=O)C(c1cccc2c1C(C)(C)COC2)N1CC(OCCCCCc2ccc3c(n2)NCCC3)C1. The molecule has 0 saturated carbocycles. The van der Waals surface area contributed by atoms with E-state index < -0.39 is 6.04 Å². The molecular formula is C31H43N3O4. The van der Waals surface area contributed by atoms with Gasteiger partial charge in [0.2, 0.25) is 0 Å². The van der Waals surface area contributed by atoms with Gasteiger partial charge in [0.25, 0.3) is 0 Å². The van der Waals surface area contributed by atoms with Gasteiger partial charge in [-0.1, -0.05) is 44.5 Å². The van der Waals surface area contributed by atoms with E-state index in [4.69, 9.17) is 19.2 Å². The summed E-state index contributed by atoms with van der Waals surface area (Å²) in [6, 6.07) is 10.3. The van der Waals surface area contributed by atoms with Crippen LogP contribution in [-0.2, 0) is 43.9 Å². The van der Waals surface area contributed by atoms with Crippen LogP contribution in [0, 0.1) is 0 Å². The van der Waals surface area contributed by atoms with Crippen molar-refractivity contribution in [3.05, 3.63) is 58.3 Å². The van der Waals surface area contributed by atoms with Crippen molar-refractivity contribution in [2.45, 2.75) is 83.5 Å². The number of aromatic nitrogens is 1. The Labute approximate surface area is 227 Å². The third-order valence-electron chi connectivity index (χ3n) is 8.01. The molecule has 1 aromatic heterocycles. The number of fused-ring (bicyclic) bond motifs is 2. The zero-order chi connectivity index (χ0) is 26.5. The molecule has 0 amide bonds. The Bertz CT molecular complexity index is 1110. The van der Waals surface area contributed by atoms with Gasteiger partial charge in [-0.25, -0.2) is 9.78 Å². The Morgan fingerprint density at radius 3 is 2.89 bits per heavy atom. The van der Waals surface area contributed by atoms with E-state index in [0.29, 0.717) is 19.8 Å². The lowest BCUT2D eigenvalue weighted by atomic mass is 9.76. The molecule has 5 rings (SSSR count). The van der Waals surface area contributed by atoms with Gasteiger partial charge in [-0.3, -0.25) is 4.90 Å². The van der Waals surface area contributed by atoms with Crippen LogP contribution in [0.15, 0.2) is 30.3 Å². The quantitative estimate of drug-likeness (QED) is 0.331. The minimum Gasteiger partial charge on any atom is -0.465 e. The Hall–Kier alpha value is -2.48. The fraction of sp³-hybridized carbons (Fsp3) is 0.613. The maximum absolute atomic E-state index is 13.2. The van der Waals surface area contributed by atoms with Gasteiger partial charge in [-0.15, -0.1) is 0 Å². The summed E-state index contributed by atoms with van der Waals surface area (Å²) in [4.78, 5) is 20.2. The van der Waals surface area contributed by atoms with Gasteiger partial charge in [0.15, 0.2) is 0 Å². The number of unbranched alkanes of at least 4 members (excludes halogenated alkanes) is 2. The number of anilines is 1. The van der Waals surface area contributed by atoms with E-state index in [2.05, 4.69) is 48.3 Å². The molecule has 0 bridgehead atoms. The van der Waals surface area contributed by atoms with Crippen molar-refractivity contribution in [3.63, 3.8) is 0 Å². The van der Waals surface area contributed by atoms with E-state index >= 15 is 0 Å². The molecule has 1 N–H and O–H groups in total. The number of aryl methyl sites for hydroxylation is 2. The maximum Gasteiger partial charge on any atom is 0.328 e. The summed E-state index contributed by atoms with van der Waals surface area (Å²) in [5, 5.41) is 3.42. The van der Waals surface area contributed by atoms with Crippen molar-refractivity contribution in [2.24, 2.45) is 0 Å². The van der Waals surface area contributed by atoms with E-state index in [1.807, 2.05) is 13.0 Å². The molecule has 4 heterocycles. The summed E-state index contributed by atoms with van der Waals surface area (Å²) in [6.07, 6.45) is 6.79. The molecule has 1 fully saturated rings.